The number of rotatable bonds is 4. The van der Waals surface area contributed by atoms with Gasteiger partial charge in [-0.1, -0.05) is 17.3 Å². The fourth-order valence-corrected chi connectivity index (χ4v) is 4.01. The maximum atomic E-state index is 15.4. The quantitative estimate of drug-likeness (QED) is 0.521. The van der Waals surface area contributed by atoms with Crippen molar-refractivity contribution in [3.63, 3.8) is 0 Å². The van der Waals surface area contributed by atoms with E-state index in [-0.39, 0.29) is 28.0 Å². The van der Waals surface area contributed by atoms with Crippen LogP contribution in [0.15, 0.2) is 52.1 Å². The summed E-state index contributed by atoms with van der Waals surface area (Å²) in [5.74, 6) is -1.81. The number of halogens is 1. The van der Waals surface area contributed by atoms with E-state index in [1.54, 1.807) is 6.07 Å². The van der Waals surface area contributed by atoms with Crippen molar-refractivity contribution in [1.29, 1.82) is 0 Å². The zero-order valence-corrected chi connectivity index (χ0v) is 16.3. The summed E-state index contributed by atoms with van der Waals surface area (Å²) in [6.45, 7) is 1.42. The Morgan fingerprint density at radius 2 is 2.06 bits per heavy atom. The van der Waals surface area contributed by atoms with Gasteiger partial charge < -0.3 is 19.7 Å². The lowest BCUT2D eigenvalue weighted by Crippen LogP contribution is -2.19. The minimum atomic E-state index is -1.43. The van der Waals surface area contributed by atoms with Gasteiger partial charge in [0, 0.05) is 25.4 Å². The molecule has 2 aromatic carbocycles. The Morgan fingerprint density at radius 1 is 1.26 bits per heavy atom. The molecule has 5 rings (SSSR count). The van der Waals surface area contributed by atoms with Crippen molar-refractivity contribution in [3.8, 4) is 22.7 Å². The van der Waals surface area contributed by atoms with Crippen molar-refractivity contribution in [2.75, 3.05) is 7.11 Å². The first-order valence-electron chi connectivity index (χ1n) is 9.42. The number of benzene rings is 2. The van der Waals surface area contributed by atoms with Crippen molar-refractivity contribution < 1.29 is 23.6 Å². The highest BCUT2D eigenvalue weighted by Gasteiger charge is 2.25. The summed E-state index contributed by atoms with van der Waals surface area (Å²) in [5.41, 5.74) is 1.80. The van der Waals surface area contributed by atoms with Gasteiger partial charge in [-0.15, -0.1) is 0 Å². The summed E-state index contributed by atoms with van der Waals surface area (Å²) >= 11 is 0. The molecular weight excluding hydrogens is 405 g/mol. The monoisotopic (exact) mass is 421 g/mol. The second-order valence-corrected chi connectivity index (χ2v) is 7.15. The summed E-state index contributed by atoms with van der Waals surface area (Å²) in [4.78, 5) is 24.5. The number of ether oxygens (including phenoxy) is 1. The van der Waals surface area contributed by atoms with Crippen LogP contribution in [0.1, 0.15) is 21.5 Å². The third-order valence-corrected chi connectivity index (χ3v) is 5.43. The number of aromatic carboxylic acids is 1. The molecule has 0 spiro atoms. The molecule has 0 unspecified atom stereocenters. The highest BCUT2D eigenvalue weighted by Crippen LogP contribution is 2.40. The van der Waals surface area contributed by atoms with E-state index in [9.17, 15) is 14.7 Å². The van der Waals surface area contributed by atoms with Gasteiger partial charge in [-0.2, -0.15) is 0 Å². The van der Waals surface area contributed by atoms with Crippen molar-refractivity contribution in [2.24, 2.45) is 0 Å². The zero-order chi connectivity index (χ0) is 21.7. The maximum absolute atomic E-state index is 15.4. The predicted octanol–water partition coefficient (Wildman–Crippen LogP) is 3.09. The number of nitrogens with zero attached hydrogens (tertiary/aromatic N) is 2. The minimum Gasteiger partial charge on any atom is -0.494 e. The van der Waals surface area contributed by atoms with Crippen LogP contribution >= 0.6 is 0 Å². The van der Waals surface area contributed by atoms with Crippen LogP contribution in [0.5, 0.6) is 5.75 Å². The molecule has 0 atom stereocenters. The summed E-state index contributed by atoms with van der Waals surface area (Å²) in [6.07, 6.45) is 2.45. The van der Waals surface area contributed by atoms with Crippen LogP contribution in [0.4, 0.5) is 4.39 Å². The standard InChI is InChI=1S/C22H16FN3O5/c1-30-21-18(11-2-3-12-8-24-9-13(12)6-11)16(23)7-14-19(21)26(17-4-5-31-25-17)10-15(20(14)27)22(28)29/h2-7,10,24H,8-9H2,1H3,(H,28,29). The third kappa shape index (κ3) is 2.89. The number of aromatic nitrogens is 2. The van der Waals surface area contributed by atoms with Crippen molar-refractivity contribution in [1.82, 2.24) is 15.0 Å². The molecule has 0 aliphatic carbocycles. The molecule has 1 aliphatic rings. The Morgan fingerprint density at radius 3 is 2.77 bits per heavy atom. The smallest absolute Gasteiger partial charge is 0.341 e. The van der Waals surface area contributed by atoms with Crippen LogP contribution in [0.25, 0.3) is 27.8 Å². The molecule has 156 valence electrons. The van der Waals surface area contributed by atoms with Crippen LogP contribution in [-0.2, 0) is 13.1 Å². The Balaban J connectivity index is 1.91. The molecule has 2 aromatic heterocycles. The number of nitrogens with one attached hydrogen (secondary N) is 1. The number of fused-ring (bicyclic) bond motifs is 2. The highest BCUT2D eigenvalue weighted by molar-refractivity contribution is 5.98. The number of pyridine rings is 1. The van der Waals surface area contributed by atoms with Gasteiger partial charge in [0.1, 0.15) is 23.2 Å². The van der Waals surface area contributed by atoms with Gasteiger partial charge in [0.05, 0.1) is 18.1 Å². The van der Waals surface area contributed by atoms with Crippen molar-refractivity contribution >= 4 is 16.9 Å². The Kier molecular flexibility index (Phi) is 4.33. The number of methoxy groups -OCH3 is 1. The molecule has 0 fully saturated rings. The molecule has 1 aliphatic heterocycles. The molecule has 0 saturated heterocycles. The second-order valence-electron chi connectivity index (χ2n) is 7.15. The average molecular weight is 421 g/mol. The van der Waals surface area contributed by atoms with Crippen molar-refractivity contribution in [2.45, 2.75) is 13.1 Å². The second kappa shape index (κ2) is 7.06. The van der Waals surface area contributed by atoms with Gasteiger partial charge in [0.25, 0.3) is 0 Å². The topological polar surface area (TPSA) is 107 Å². The van der Waals surface area contributed by atoms with Crippen LogP contribution in [-0.4, -0.2) is 27.9 Å². The molecule has 8 nitrogen and oxygen atoms in total. The number of carboxylic acids is 1. The van der Waals surface area contributed by atoms with E-state index in [4.69, 9.17) is 9.26 Å². The molecular formula is C22H16FN3O5. The van der Waals surface area contributed by atoms with E-state index in [1.165, 1.54) is 24.0 Å². The van der Waals surface area contributed by atoms with Gasteiger partial charge >= 0.3 is 5.97 Å². The SMILES string of the molecule is COc1c(-c2ccc3c(c2)CNC3)c(F)cc2c(=O)c(C(=O)O)cn(-c3ccon3)c12. The lowest BCUT2D eigenvalue weighted by atomic mass is 9.97. The van der Waals surface area contributed by atoms with Crippen LogP contribution in [0, 0.1) is 5.82 Å². The molecule has 0 amide bonds. The third-order valence-electron chi connectivity index (χ3n) is 5.43. The lowest BCUT2D eigenvalue weighted by molar-refractivity contribution is 0.0695. The molecule has 4 aromatic rings. The summed E-state index contributed by atoms with van der Waals surface area (Å²) in [7, 11) is 1.37. The normalized spacial score (nSPS) is 12.8. The lowest BCUT2D eigenvalue weighted by Gasteiger charge is -2.17. The van der Waals surface area contributed by atoms with E-state index in [0.29, 0.717) is 12.1 Å². The molecule has 0 saturated carbocycles. The van der Waals surface area contributed by atoms with E-state index >= 15 is 4.39 Å². The van der Waals surface area contributed by atoms with Gasteiger partial charge in [-0.3, -0.25) is 9.36 Å². The van der Waals surface area contributed by atoms with E-state index < -0.39 is 22.8 Å². The molecule has 0 bridgehead atoms. The molecule has 31 heavy (non-hydrogen) atoms. The first-order chi connectivity index (χ1) is 15.0. The Bertz CT molecular complexity index is 1410. The molecule has 9 heteroatoms. The van der Waals surface area contributed by atoms with Crippen LogP contribution < -0.4 is 15.5 Å². The Hall–Kier alpha value is -3.98. The van der Waals surface area contributed by atoms with Gasteiger partial charge in [-0.05, 0) is 28.8 Å². The van der Waals surface area contributed by atoms with Crippen LogP contribution in [0.2, 0.25) is 0 Å². The molecule has 3 heterocycles. The summed E-state index contributed by atoms with van der Waals surface area (Å²) in [6, 6.07) is 8.14. The van der Waals surface area contributed by atoms with Gasteiger partial charge in [0.2, 0.25) is 5.43 Å². The maximum Gasteiger partial charge on any atom is 0.341 e. The van der Waals surface area contributed by atoms with Crippen molar-refractivity contribution in [3.05, 3.63) is 75.5 Å². The van der Waals surface area contributed by atoms with E-state index in [1.807, 2.05) is 12.1 Å². The zero-order valence-electron chi connectivity index (χ0n) is 16.3. The van der Waals surface area contributed by atoms with Gasteiger partial charge in [-0.25, -0.2) is 9.18 Å². The summed E-state index contributed by atoms with van der Waals surface area (Å²) in [5, 5.41) is 16.4. The van der Waals surface area contributed by atoms with E-state index in [2.05, 4.69) is 10.5 Å². The first-order valence-corrected chi connectivity index (χ1v) is 9.42. The number of carbonyl (C=O) groups is 1. The number of hydrogen-bond donors (Lipinski definition) is 2. The van der Waals surface area contributed by atoms with Crippen LogP contribution in [0.3, 0.4) is 0 Å². The molecule has 2 N–H and O–H groups in total. The Labute approximate surface area is 174 Å². The predicted molar refractivity (Wildman–Crippen MR) is 109 cm³/mol. The molecule has 0 radical (unpaired) electrons. The number of carboxylic acid groups (broad SMARTS) is 1. The minimum absolute atomic E-state index is 0.0953. The van der Waals surface area contributed by atoms with E-state index in [0.717, 1.165) is 29.9 Å². The largest absolute Gasteiger partial charge is 0.494 e. The summed E-state index contributed by atoms with van der Waals surface area (Å²) < 4.78 is 27.2. The fraction of sp³-hybridized carbons (Fsp3) is 0.136. The average Bonchev–Trinajstić information content (AvgIpc) is 3.44. The first kappa shape index (κ1) is 19.0. The fourth-order valence-electron chi connectivity index (χ4n) is 4.01. The van der Waals surface area contributed by atoms with Gasteiger partial charge in [0.15, 0.2) is 11.6 Å². The highest BCUT2D eigenvalue weighted by atomic mass is 19.1. The number of hydrogen-bond acceptors (Lipinski definition) is 6.